The fourth-order valence-electron chi connectivity index (χ4n) is 1.01. The third-order valence-corrected chi connectivity index (χ3v) is 1.70. The second-order valence-corrected chi connectivity index (χ2v) is 3.13. The van der Waals surface area contributed by atoms with Crippen molar-refractivity contribution in [3.63, 3.8) is 0 Å². The standard InChI is InChI=1S/C10H20N2O4/c1-4-15-8(3)6-11-10(14)12-7-9(13)16-5-2/h8H,4-7H2,1-3H3,(H2,11,12,14). The Morgan fingerprint density at radius 2 is 1.88 bits per heavy atom. The molecule has 0 aromatic carbocycles. The molecule has 1 atom stereocenters. The highest BCUT2D eigenvalue weighted by Gasteiger charge is 2.07. The first-order chi connectivity index (χ1) is 7.60. The highest BCUT2D eigenvalue weighted by Crippen LogP contribution is 1.86. The van der Waals surface area contributed by atoms with E-state index in [1.54, 1.807) is 6.92 Å². The molecule has 1 unspecified atom stereocenters. The number of ether oxygens (including phenoxy) is 2. The summed E-state index contributed by atoms with van der Waals surface area (Å²) in [5.74, 6) is -0.449. The Bertz CT molecular complexity index is 221. The molecule has 0 aromatic rings. The van der Waals surface area contributed by atoms with Crippen LogP contribution in [0, 0.1) is 0 Å². The van der Waals surface area contributed by atoms with E-state index in [2.05, 4.69) is 15.4 Å². The van der Waals surface area contributed by atoms with Gasteiger partial charge in [0.25, 0.3) is 0 Å². The molecule has 16 heavy (non-hydrogen) atoms. The maximum absolute atomic E-state index is 11.2. The lowest BCUT2D eigenvalue weighted by Crippen LogP contribution is -2.42. The van der Waals surface area contributed by atoms with Gasteiger partial charge in [0.2, 0.25) is 0 Å². The molecule has 0 heterocycles. The fourth-order valence-corrected chi connectivity index (χ4v) is 1.01. The van der Waals surface area contributed by atoms with Crippen LogP contribution in [0.25, 0.3) is 0 Å². The zero-order valence-electron chi connectivity index (χ0n) is 10.0. The number of esters is 1. The fraction of sp³-hybridized carbons (Fsp3) is 0.800. The lowest BCUT2D eigenvalue weighted by Gasteiger charge is -2.12. The van der Waals surface area contributed by atoms with E-state index in [1.807, 2.05) is 13.8 Å². The van der Waals surface area contributed by atoms with Gasteiger partial charge in [0.1, 0.15) is 6.54 Å². The first-order valence-electron chi connectivity index (χ1n) is 5.39. The minimum absolute atomic E-state index is 0.0432. The molecule has 0 bridgehead atoms. The van der Waals surface area contributed by atoms with Gasteiger partial charge in [-0.25, -0.2) is 4.79 Å². The molecule has 0 saturated carbocycles. The Kier molecular flexibility index (Phi) is 8.24. The highest BCUT2D eigenvalue weighted by molar-refractivity contribution is 5.80. The predicted molar refractivity (Wildman–Crippen MR) is 59.1 cm³/mol. The van der Waals surface area contributed by atoms with Crippen LogP contribution in [0.3, 0.4) is 0 Å². The Morgan fingerprint density at radius 3 is 2.44 bits per heavy atom. The quantitative estimate of drug-likeness (QED) is 0.618. The number of urea groups is 1. The van der Waals surface area contributed by atoms with Gasteiger partial charge in [-0.05, 0) is 20.8 Å². The van der Waals surface area contributed by atoms with Crippen molar-refractivity contribution in [1.29, 1.82) is 0 Å². The number of hydrogen-bond donors (Lipinski definition) is 2. The van der Waals surface area contributed by atoms with Crippen LogP contribution >= 0.6 is 0 Å². The molecule has 0 aliphatic rings. The van der Waals surface area contributed by atoms with Crippen LogP contribution in [0.5, 0.6) is 0 Å². The van der Waals surface area contributed by atoms with E-state index < -0.39 is 12.0 Å². The third-order valence-electron chi connectivity index (χ3n) is 1.70. The molecule has 94 valence electrons. The second kappa shape index (κ2) is 8.96. The summed E-state index contributed by atoms with van der Waals surface area (Å²) in [7, 11) is 0. The van der Waals surface area contributed by atoms with E-state index in [0.29, 0.717) is 19.8 Å². The molecule has 0 fully saturated rings. The molecular weight excluding hydrogens is 212 g/mol. The number of hydrogen-bond acceptors (Lipinski definition) is 4. The van der Waals surface area contributed by atoms with Crippen molar-refractivity contribution in [3.8, 4) is 0 Å². The molecule has 0 saturated heterocycles. The monoisotopic (exact) mass is 232 g/mol. The first kappa shape index (κ1) is 14.7. The summed E-state index contributed by atoms with van der Waals surface area (Å²) in [5, 5.41) is 4.97. The zero-order valence-corrected chi connectivity index (χ0v) is 10.0. The van der Waals surface area contributed by atoms with E-state index in [-0.39, 0.29) is 12.6 Å². The van der Waals surface area contributed by atoms with Crippen molar-refractivity contribution < 1.29 is 19.1 Å². The van der Waals surface area contributed by atoms with Crippen molar-refractivity contribution in [2.45, 2.75) is 26.9 Å². The molecule has 0 aromatic heterocycles. The Balaban J connectivity index is 3.55. The van der Waals surface area contributed by atoms with E-state index in [1.165, 1.54) is 0 Å². The van der Waals surface area contributed by atoms with E-state index in [0.717, 1.165) is 0 Å². The molecule has 2 N–H and O–H groups in total. The van der Waals surface area contributed by atoms with Crippen LogP contribution in [-0.4, -0.2) is 44.4 Å². The van der Waals surface area contributed by atoms with Crippen LogP contribution in [0.15, 0.2) is 0 Å². The summed E-state index contributed by atoms with van der Waals surface area (Å²) < 4.78 is 9.87. The maximum Gasteiger partial charge on any atom is 0.325 e. The topological polar surface area (TPSA) is 76.7 Å². The number of carbonyl (C=O) groups is 2. The molecule has 6 heteroatoms. The van der Waals surface area contributed by atoms with Crippen LogP contribution in [0.4, 0.5) is 4.79 Å². The number of nitrogens with one attached hydrogen (secondary N) is 2. The van der Waals surface area contributed by atoms with Gasteiger partial charge >= 0.3 is 12.0 Å². The molecular formula is C10H20N2O4. The van der Waals surface area contributed by atoms with Gasteiger partial charge in [-0.1, -0.05) is 0 Å². The molecule has 2 amide bonds. The normalized spacial score (nSPS) is 11.7. The smallest absolute Gasteiger partial charge is 0.325 e. The van der Waals surface area contributed by atoms with Crippen LogP contribution in [0.1, 0.15) is 20.8 Å². The van der Waals surface area contributed by atoms with E-state index in [4.69, 9.17) is 4.74 Å². The van der Waals surface area contributed by atoms with Gasteiger partial charge in [-0.15, -0.1) is 0 Å². The average Bonchev–Trinajstić information content (AvgIpc) is 2.24. The van der Waals surface area contributed by atoms with Crippen LogP contribution in [-0.2, 0) is 14.3 Å². The summed E-state index contributed by atoms with van der Waals surface area (Å²) in [6.07, 6.45) is -0.0432. The highest BCUT2D eigenvalue weighted by atomic mass is 16.5. The summed E-state index contributed by atoms with van der Waals surface area (Å²) in [6.45, 7) is 6.65. The summed E-state index contributed by atoms with van der Waals surface area (Å²) in [6, 6.07) is -0.403. The van der Waals surface area contributed by atoms with Crippen LogP contribution < -0.4 is 10.6 Å². The number of rotatable bonds is 7. The third kappa shape index (κ3) is 8.05. The summed E-state index contributed by atoms with van der Waals surface area (Å²) >= 11 is 0. The minimum atomic E-state index is -0.449. The van der Waals surface area contributed by atoms with Gasteiger partial charge in [0.15, 0.2) is 0 Å². The van der Waals surface area contributed by atoms with Gasteiger partial charge in [-0.2, -0.15) is 0 Å². The maximum atomic E-state index is 11.2. The number of amides is 2. The van der Waals surface area contributed by atoms with Crippen molar-refractivity contribution in [2.75, 3.05) is 26.3 Å². The average molecular weight is 232 g/mol. The number of carbonyl (C=O) groups excluding carboxylic acids is 2. The Morgan fingerprint density at radius 1 is 1.19 bits per heavy atom. The summed E-state index contributed by atoms with van der Waals surface area (Å²) in [4.78, 5) is 22.1. The van der Waals surface area contributed by atoms with Gasteiger partial charge in [0, 0.05) is 13.2 Å². The van der Waals surface area contributed by atoms with Crippen molar-refractivity contribution >= 4 is 12.0 Å². The Hall–Kier alpha value is -1.30. The molecule has 0 aliphatic carbocycles. The lowest BCUT2D eigenvalue weighted by molar-refractivity contribution is -0.141. The molecule has 0 spiro atoms. The van der Waals surface area contributed by atoms with Gasteiger partial charge in [0.05, 0.1) is 12.7 Å². The predicted octanol–water partition coefficient (Wildman–Crippen LogP) is 0.274. The molecule has 0 aliphatic heterocycles. The summed E-state index contributed by atoms with van der Waals surface area (Å²) in [5.41, 5.74) is 0. The van der Waals surface area contributed by atoms with Crippen molar-refractivity contribution in [2.24, 2.45) is 0 Å². The van der Waals surface area contributed by atoms with E-state index in [9.17, 15) is 9.59 Å². The first-order valence-corrected chi connectivity index (χ1v) is 5.39. The molecule has 6 nitrogen and oxygen atoms in total. The van der Waals surface area contributed by atoms with Crippen molar-refractivity contribution in [1.82, 2.24) is 10.6 Å². The van der Waals surface area contributed by atoms with Crippen molar-refractivity contribution in [3.05, 3.63) is 0 Å². The molecule has 0 radical (unpaired) electrons. The second-order valence-electron chi connectivity index (χ2n) is 3.13. The van der Waals surface area contributed by atoms with Gasteiger partial charge in [-0.3, -0.25) is 4.79 Å². The zero-order chi connectivity index (χ0) is 12.4. The Labute approximate surface area is 95.7 Å². The van der Waals surface area contributed by atoms with Gasteiger partial charge < -0.3 is 20.1 Å². The minimum Gasteiger partial charge on any atom is -0.465 e. The lowest BCUT2D eigenvalue weighted by atomic mass is 10.4. The van der Waals surface area contributed by atoms with Crippen LogP contribution in [0.2, 0.25) is 0 Å². The molecule has 0 rings (SSSR count). The van der Waals surface area contributed by atoms with E-state index >= 15 is 0 Å². The largest absolute Gasteiger partial charge is 0.465 e. The SMILES string of the molecule is CCOC(=O)CNC(=O)NCC(C)OCC.